The highest BCUT2D eigenvalue weighted by Crippen LogP contribution is 2.50. The summed E-state index contributed by atoms with van der Waals surface area (Å²) in [4.78, 5) is 13.1. The minimum absolute atomic E-state index is 0.0807. The van der Waals surface area contributed by atoms with Gasteiger partial charge in [0, 0.05) is 40.7 Å². The third-order valence-corrected chi connectivity index (χ3v) is 7.95. The average molecular weight is 441 g/mol. The van der Waals surface area contributed by atoms with E-state index in [0.29, 0.717) is 12.1 Å². The summed E-state index contributed by atoms with van der Waals surface area (Å²) in [5.74, 6) is -0.0807. The van der Waals surface area contributed by atoms with Crippen molar-refractivity contribution in [3.8, 4) is 0 Å². The number of aliphatic hydroxyl groups is 2. The van der Waals surface area contributed by atoms with Crippen LogP contribution in [0.5, 0.6) is 0 Å². The molecule has 0 fully saturated rings. The molecule has 7 rings (SSSR count). The molecule has 0 saturated heterocycles. The number of amides is 1. The van der Waals surface area contributed by atoms with Crippen LogP contribution in [0.2, 0.25) is 0 Å². The van der Waals surface area contributed by atoms with Crippen LogP contribution < -0.4 is 5.32 Å². The Kier molecular flexibility index (Phi) is 3.44. The molecule has 2 aliphatic heterocycles. The van der Waals surface area contributed by atoms with Gasteiger partial charge in [-0.15, -0.1) is 0 Å². The first-order valence-corrected chi connectivity index (χ1v) is 11.1. The molecule has 1 amide bonds. The first-order valence-electron chi connectivity index (χ1n) is 11.1. The molecule has 5 aromatic rings. The summed E-state index contributed by atoms with van der Waals surface area (Å²) in [5.41, 5.74) is 2.36. The lowest BCUT2D eigenvalue weighted by Gasteiger charge is -2.43. The lowest BCUT2D eigenvalue weighted by molar-refractivity contribution is -0.224. The minimum Gasteiger partial charge on any atom is -0.393 e. The number of hydrogen-bond acceptors (Lipinski definition) is 4. The monoisotopic (exact) mass is 441 g/mol. The first-order chi connectivity index (χ1) is 15.9. The molecule has 4 heterocycles. The molecule has 3 aromatic carbocycles. The number of nitrogens with zero attached hydrogens (tertiary/aromatic N) is 2. The van der Waals surface area contributed by atoms with Crippen LogP contribution in [-0.4, -0.2) is 44.6 Å². The molecule has 7 nitrogen and oxygen atoms in total. The number of aromatic nitrogens is 2. The van der Waals surface area contributed by atoms with Crippen molar-refractivity contribution < 1.29 is 19.7 Å². The number of fused-ring (bicyclic) bond motifs is 9. The fourth-order valence-corrected chi connectivity index (χ4v) is 6.23. The third-order valence-electron chi connectivity index (χ3n) is 7.95. The fourth-order valence-electron chi connectivity index (χ4n) is 6.23. The maximum Gasteiger partial charge on any atom is 0.252 e. The molecule has 0 aliphatic carbocycles. The number of ether oxygens (including phenoxy) is 1. The second-order valence-electron chi connectivity index (χ2n) is 9.32. The number of methoxy groups -OCH3 is 1. The quantitative estimate of drug-likeness (QED) is 0.393. The van der Waals surface area contributed by atoms with Crippen LogP contribution in [-0.2, 0) is 23.6 Å². The van der Waals surface area contributed by atoms with E-state index in [4.69, 9.17) is 4.74 Å². The number of carbonyl (C=O) groups excluding carboxylic acids is 1. The Bertz CT molecular complexity index is 1680. The molecule has 0 spiro atoms. The van der Waals surface area contributed by atoms with Gasteiger partial charge in [-0.3, -0.25) is 4.79 Å². The molecule has 0 bridgehead atoms. The van der Waals surface area contributed by atoms with Crippen LogP contribution >= 0.6 is 0 Å². The highest BCUT2D eigenvalue weighted by molar-refractivity contribution is 6.30. The molecule has 7 heteroatoms. The summed E-state index contributed by atoms with van der Waals surface area (Å²) < 4.78 is 10.1. The summed E-state index contributed by atoms with van der Waals surface area (Å²) in [6.45, 7) is 1.89. The second kappa shape index (κ2) is 5.94. The Balaban J connectivity index is 1.90. The van der Waals surface area contributed by atoms with Crippen LogP contribution in [0.25, 0.3) is 43.6 Å². The zero-order chi connectivity index (χ0) is 22.7. The second-order valence-corrected chi connectivity index (χ2v) is 9.32. The number of carbonyl (C=O) groups is 1. The Hall–Kier alpha value is -3.39. The maximum absolute atomic E-state index is 13.1. The van der Waals surface area contributed by atoms with E-state index in [0.717, 1.165) is 49.2 Å². The largest absolute Gasteiger partial charge is 0.393 e. The van der Waals surface area contributed by atoms with Gasteiger partial charge in [0.25, 0.3) is 5.91 Å². The Morgan fingerprint density at radius 3 is 2.39 bits per heavy atom. The molecule has 2 aromatic heterocycles. The van der Waals surface area contributed by atoms with Crippen molar-refractivity contribution >= 4 is 49.5 Å². The van der Waals surface area contributed by atoms with E-state index in [2.05, 4.69) is 9.88 Å². The van der Waals surface area contributed by atoms with Crippen molar-refractivity contribution in [1.29, 1.82) is 0 Å². The zero-order valence-corrected chi connectivity index (χ0v) is 18.3. The van der Waals surface area contributed by atoms with Gasteiger partial charge in [0.1, 0.15) is 0 Å². The molecule has 0 saturated carbocycles. The summed E-state index contributed by atoms with van der Waals surface area (Å²) >= 11 is 0. The van der Waals surface area contributed by atoms with Crippen molar-refractivity contribution in [2.75, 3.05) is 13.7 Å². The Morgan fingerprint density at radius 1 is 1.03 bits per heavy atom. The number of nitrogens with one attached hydrogen (secondary N) is 1. The van der Waals surface area contributed by atoms with Crippen LogP contribution in [0.3, 0.4) is 0 Å². The van der Waals surface area contributed by atoms with Crippen molar-refractivity contribution in [2.24, 2.45) is 0 Å². The first kappa shape index (κ1) is 19.1. The molecule has 2 aliphatic rings. The zero-order valence-electron chi connectivity index (χ0n) is 18.3. The smallest absolute Gasteiger partial charge is 0.252 e. The number of rotatable bonds is 2. The Morgan fingerprint density at radius 2 is 1.70 bits per heavy atom. The Labute approximate surface area is 188 Å². The summed E-state index contributed by atoms with van der Waals surface area (Å²) in [5, 5.41) is 29.4. The van der Waals surface area contributed by atoms with Crippen molar-refractivity contribution in [3.63, 3.8) is 0 Å². The third kappa shape index (κ3) is 1.96. The van der Waals surface area contributed by atoms with E-state index in [9.17, 15) is 15.0 Å². The number of aliphatic hydroxyl groups excluding tert-OH is 1. The summed E-state index contributed by atoms with van der Waals surface area (Å²) in [7, 11) is 1.57. The van der Waals surface area contributed by atoms with Crippen LogP contribution in [0.15, 0.2) is 48.5 Å². The molecule has 0 radical (unpaired) electrons. The van der Waals surface area contributed by atoms with Crippen LogP contribution in [0, 0.1) is 0 Å². The van der Waals surface area contributed by atoms with Gasteiger partial charge in [-0.25, -0.2) is 0 Å². The molecule has 3 N–H and O–H groups in total. The number of hydrogen-bond donors (Lipinski definition) is 3. The molecular weight excluding hydrogens is 418 g/mol. The topological polar surface area (TPSA) is 88.7 Å². The molecular formula is C26H23N3O4. The maximum atomic E-state index is 13.1. The van der Waals surface area contributed by atoms with Crippen molar-refractivity contribution in [2.45, 2.75) is 31.3 Å². The van der Waals surface area contributed by atoms with E-state index in [1.165, 1.54) is 0 Å². The van der Waals surface area contributed by atoms with Crippen molar-refractivity contribution in [3.05, 3.63) is 59.7 Å². The van der Waals surface area contributed by atoms with Gasteiger partial charge in [-0.2, -0.15) is 0 Å². The predicted molar refractivity (Wildman–Crippen MR) is 126 cm³/mol. The lowest BCUT2D eigenvalue weighted by Crippen LogP contribution is -2.58. The molecule has 166 valence electrons. The van der Waals surface area contributed by atoms with E-state index < -0.39 is 17.9 Å². The van der Waals surface area contributed by atoms with Gasteiger partial charge in [0.05, 0.1) is 35.3 Å². The predicted octanol–water partition coefficient (Wildman–Crippen LogP) is 3.20. The van der Waals surface area contributed by atoms with E-state index in [1.807, 2.05) is 60.0 Å². The SMILES string of the molecule is CO[C@]1(C)n2c3ccccc3c3c4c(c5c6ccccc6n(c5c32)C[C@]1(O)CO)C(=O)NC4. The molecule has 33 heavy (non-hydrogen) atoms. The molecule has 0 unspecified atom stereocenters. The van der Waals surface area contributed by atoms with Crippen LogP contribution in [0.1, 0.15) is 22.8 Å². The van der Waals surface area contributed by atoms with Gasteiger partial charge in [0.2, 0.25) is 0 Å². The fraction of sp³-hybridized carbons (Fsp3) is 0.269. The van der Waals surface area contributed by atoms with Crippen molar-refractivity contribution in [1.82, 2.24) is 14.5 Å². The van der Waals surface area contributed by atoms with E-state index in [1.54, 1.807) is 7.11 Å². The number of benzene rings is 3. The van der Waals surface area contributed by atoms with Gasteiger partial charge in [0.15, 0.2) is 11.3 Å². The summed E-state index contributed by atoms with van der Waals surface area (Å²) in [6, 6.07) is 15.9. The normalized spacial score (nSPS) is 24.3. The molecule has 2 atom stereocenters. The van der Waals surface area contributed by atoms with Gasteiger partial charge < -0.3 is 29.4 Å². The standard InChI is InChI=1S/C26H23N3O4/c1-25(33-2)26(32,13-30)12-28-17-9-5-3-7-14(17)20-21-16(11-27-24(21)31)19-15-8-4-6-10-18(15)29(25)23(19)22(20)28/h3-10,30,32H,11-13H2,1-2H3,(H,27,31)/t25-,26-/m0/s1. The average Bonchev–Trinajstić information content (AvgIpc) is 3.47. The highest BCUT2D eigenvalue weighted by Gasteiger charge is 2.53. The highest BCUT2D eigenvalue weighted by atomic mass is 16.5. The van der Waals surface area contributed by atoms with E-state index >= 15 is 0 Å². The van der Waals surface area contributed by atoms with Crippen LogP contribution in [0.4, 0.5) is 0 Å². The van der Waals surface area contributed by atoms with E-state index in [-0.39, 0.29) is 12.5 Å². The van der Waals surface area contributed by atoms with Gasteiger partial charge in [-0.05, 0) is 24.6 Å². The number of para-hydroxylation sites is 2. The van der Waals surface area contributed by atoms with Gasteiger partial charge in [-0.1, -0.05) is 36.4 Å². The summed E-state index contributed by atoms with van der Waals surface area (Å²) in [6.07, 6.45) is 0. The van der Waals surface area contributed by atoms with Gasteiger partial charge >= 0.3 is 0 Å². The minimum atomic E-state index is -1.63. The lowest BCUT2D eigenvalue weighted by atomic mass is 9.91.